The Balaban J connectivity index is 2.19. The van der Waals surface area contributed by atoms with E-state index in [1.807, 2.05) is 0 Å². The number of hydrogen-bond donors (Lipinski definition) is 2. The zero-order valence-electron chi connectivity index (χ0n) is 12.4. The summed E-state index contributed by atoms with van der Waals surface area (Å²) >= 11 is 0. The van der Waals surface area contributed by atoms with E-state index in [1.165, 1.54) is 4.31 Å². The van der Waals surface area contributed by atoms with Crippen LogP contribution < -0.4 is 5.73 Å². The predicted molar refractivity (Wildman–Crippen MR) is 82.4 cm³/mol. The molecular weight excluding hydrogens is 288 g/mol. The van der Waals surface area contributed by atoms with Crippen molar-refractivity contribution in [3.8, 4) is 0 Å². The Labute approximate surface area is 126 Å². The number of rotatable bonds is 5. The summed E-state index contributed by atoms with van der Waals surface area (Å²) in [6, 6.07) is 6.50. The largest absolute Gasteiger partial charge is 0.391 e. The normalized spacial score (nSPS) is 23.4. The first-order valence-corrected chi connectivity index (χ1v) is 8.86. The van der Waals surface area contributed by atoms with Crippen LogP contribution in [0.4, 0.5) is 0 Å². The second kappa shape index (κ2) is 6.87. The summed E-state index contributed by atoms with van der Waals surface area (Å²) in [5, 5.41) is 10.0. The molecule has 2 rings (SSSR count). The van der Waals surface area contributed by atoms with Gasteiger partial charge in [-0.05, 0) is 43.5 Å². The van der Waals surface area contributed by atoms with Gasteiger partial charge in [0.1, 0.15) is 0 Å². The third-order valence-corrected chi connectivity index (χ3v) is 6.09. The molecule has 1 saturated carbocycles. The molecule has 118 valence electrons. The molecule has 3 N–H and O–H groups in total. The molecule has 0 saturated heterocycles. The number of sulfonamides is 1. The smallest absolute Gasteiger partial charge is 0.243 e. The van der Waals surface area contributed by atoms with Gasteiger partial charge in [-0.3, -0.25) is 0 Å². The molecule has 6 heteroatoms. The Morgan fingerprint density at radius 3 is 2.43 bits per heavy atom. The van der Waals surface area contributed by atoms with Crippen LogP contribution in [-0.2, 0) is 16.4 Å². The van der Waals surface area contributed by atoms with Crippen molar-refractivity contribution in [1.82, 2.24) is 4.31 Å². The van der Waals surface area contributed by atoms with Gasteiger partial charge in [0.2, 0.25) is 10.0 Å². The first-order valence-electron chi connectivity index (χ1n) is 7.42. The highest BCUT2D eigenvalue weighted by Crippen LogP contribution is 2.27. The second-order valence-corrected chi connectivity index (χ2v) is 7.62. The number of aliphatic hydroxyl groups is 1. The Morgan fingerprint density at radius 2 is 1.86 bits per heavy atom. The average Bonchev–Trinajstić information content (AvgIpc) is 2.48. The van der Waals surface area contributed by atoms with Gasteiger partial charge < -0.3 is 10.8 Å². The van der Waals surface area contributed by atoms with Gasteiger partial charge in [-0.1, -0.05) is 25.0 Å². The van der Waals surface area contributed by atoms with Gasteiger partial charge in [-0.2, -0.15) is 4.31 Å². The topological polar surface area (TPSA) is 83.6 Å². The Hall–Kier alpha value is -0.950. The van der Waals surface area contributed by atoms with E-state index in [1.54, 1.807) is 31.3 Å². The van der Waals surface area contributed by atoms with Crippen molar-refractivity contribution in [2.24, 2.45) is 5.73 Å². The minimum Gasteiger partial charge on any atom is -0.391 e. The van der Waals surface area contributed by atoms with Crippen molar-refractivity contribution in [1.29, 1.82) is 0 Å². The molecule has 0 aromatic heterocycles. The van der Waals surface area contributed by atoms with Crippen molar-refractivity contribution in [2.45, 2.75) is 49.1 Å². The average molecular weight is 312 g/mol. The van der Waals surface area contributed by atoms with Crippen LogP contribution in [-0.4, -0.2) is 43.6 Å². The minimum absolute atomic E-state index is 0.267. The molecule has 1 fully saturated rings. The zero-order valence-corrected chi connectivity index (χ0v) is 13.2. The van der Waals surface area contributed by atoms with Crippen LogP contribution in [0.2, 0.25) is 0 Å². The monoisotopic (exact) mass is 312 g/mol. The Bertz CT molecular complexity index is 557. The molecule has 0 radical (unpaired) electrons. The maximum atomic E-state index is 12.6. The van der Waals surface area contributed by atoms with Crippen molar-refractivity contribution in [3.05, 3.63) is 29.8 Å². The summed E-state index contributed by atoms with van der Waals surface area (Å²) in [4.78, 5) is 0.267. The zero-order chi connectivity index (χ0) is 15.5. The van der Waals surface area contributed by atoms with E-state index in [-0.39, 0.29) is 10.9 Å². The molecule has 0 heterocycles. The third-order valence-electron chi connectivity index (χ3n) is 4.19. The lowest BCUT2D eigenvalue weighted by Gasteiger charge is -2.34. The highest BCUT2D eigenvalue weighted by Gasteiger charge is 2.34. The molecule has 2 unspecified atom stereocenters. The van der Waals surface area contributed by atoms with Crippen LogP contribution in [0.1, 0.15) is 31.2 Å². The molecule has 0 amide bonds. The quantitative estimate of drug-likeness (QED) is 0.853. The van der Waals surface area contributed by atoms with Crippen LogP contribution >= 0.6 is 0 Å². The van der Waals surface area contributed by atoms with E-state index in [0.29, 0.717) is 19.4 Å². The molecule has 1 aliphatic carbocycles. The third kappa shape index (κ3) is 3.63. The van der Waals surface area contributed by atoms with Crippen molar-refractivity contribution < 1.29 is 13.5 Å². The number of nitrogens with zero attached hydrogens (tertiary/aromatic N) is 1. The molecular formula is C15H24N2O3S. The number of nitrogens with two attached hydrogens (primary N) is 1. The summed E-state index contributed by atoms with van der Waals surface area (Å²) in [5.74, 6) is 0. The number of benzene rings is 1. The van der Waals surface area contributed by atoms with Gasteiger partial charge in [0.15, 0.2) is 0 Å². The molecule has 21 heavy (non-hydrogen) atoms. The standard InChI is InChI=1S/C15H24N2O3S/c1-17(14-4-2-3-5-15(14)18)21(19,20)13-8-6-12(7-9-13)10-11-16/h6-9,14-15,18H,2-5,10-11,16H2,1H3. The summed E-state index contributed by atoms with van der Waals surface area (Å²) < 4.78 is 26.6. The van der Waals surface area contributed by atoms with Crippen LogP contribution in [0.15, 0.2) is 29.2 Å². The van der Waals surface area contributed by atoms with Gasteiger partial charge in [0.25, 0.3) is 0 Å². The molecule has 1 aliphatic rings. The molecule has 1 aromatic carbocycles. The minimum atomic E-state index is -3.56. The van der Waals surface area contributed by atoms with Crippen LogP contribution in [0, 0.1) is 0 Å². The number of aliphatic hydroxyl groups excluding tert-OH is 1. The number of likely N-dealkylation sites (N-methyl/N-ethyl adjacent to an activating group) is 1. The Kier molecular flexibility index (Phi) is 5.37. The second-order valence-electron chi connectivity index (χ2n) is 5.62. The van der Waals surface area contributed by atoms with Crippen molar-refractivity contribution in [3.63, 3.8) is 0 Å². The lowest BCUT2D eigenvalue weighted by atomic mass is 9.93. The van der Waals surface area contributed by atoms with Gasteiger partial charge in [0.05, 0.1) is 17.0 Å². The summed E-state index contributed by atoms with van der Waals surface area (Å²) in [5.41, 5.74) is 6.52. The lowest BCUT2D eigenvalue weighted by Crippen LogP contribution is -2.46. The highest BCUT2D eigenvalue weighted by molar-refractivity contribution is 7.89. The van der Waals surface area contributed by atoms with Crippen LogP contribution in [0.25, 0.3) is 0 Å². The molecule has 0 bridgehead atoms. The molecule has 0 aliphatic heterocycles. The summed E-state index contributed by atoms with van der Waals surface area (Å²) in [6.45, 7) is 0.542. The Morgan fingerprint density at radius 1 is 1.24 bits per heavy atom. The van der Waals surface area contributed by atoms with Crippen molar-refractivity contribution >= 4 is 10.0 Å². The van der Waals surface area contributed by atoms with E-state index in [2.05, 4.69) is 0 Å². The molecule has 2 atom stereocenters. The molecule has 1 aromatic rings. The van der Waals surface area contributed by atoms with E-state index < -0.39 is 16.1 Å². The fourth-order valence-corrected chi connectivity index (χ4v) is 4.27. The van der Waals surface area contributed by atoms with Crippen LogP contribution in [0.3, 0.4) is 0 Å². The summed E-state index contributed by atoms with van der Waals surface area (Å²) in [6.07, 6.45) is 3.45. The maximum absolute atomic E-state index is 12.6. The predicted octanol–water partition coefficient (Wildman–Crippen LogP) is 1.11. The molecule has 0 spiro atoms. The first-order chi connectivity index (χ1) is 9.96. The maximum Gasteiger partial charge on any atom is 0.243 e. The highest BCUT2D eigenvalue weighted by atomic mass is 32.2. The van der Waals surface area contributed by atoms with Gasteiger partial charge in [-0.25, -0.2) is 8.42 Å². The van der Waals surface area contributed by atoms with Crippen molar-refractivity contribution in [2.75, 3.05) is 13.6 Å². The fourth-order valence-electron chi connectivity index (χ4n) is 2.86. The van der Waals surface area contributed by atoms with Gasteiger partial charge >= 0.3 is 0 Å². The van der Waals surface area contributed by atoms with Gasteiger partial charge in [0, 0.05) is 7.05 Å². The molecule has 5 nitrogen and oxygen atoms in total. The lowest BCUT2D eigenvalue weighted by molar-refractivity contribution is 0.0638. The SMILES string of the molecule is CN(C1CCCCC1O)S(=O)(=O)c1ccc(CCN)cc1. The summed E-state index contributed by atoms with van der Waals surface area (Å²) in [7, 11) is -2.00. The van der Waals surface area contributed by atoms with Crippen LogP contribution in [0.5, 0.6) is 0 Å². The number of hydrogen-bond acceptors (Lipinski definition) is 4. The fraction of sp³-hybridized carbons (Fsp3) is 0.600. The van der Waals surface area contributed by atoms with E-state index >= 15 is 0 Å². The van der Waals surface area contributed by atoms with E-state index in [4.69, 9.17) is 5.73 Å². The van der Waals surface area contributed by atoms with E-state index in [9.17, 15) is 13.5 Å². The van der Waals surface area contributed by atoms with Gasteiger partial charge in [-0.15, -0.1) is 0 Å². The first kappa shape index (κ1) is 16.4. The van der Waals surface area contributed by atoms with E-state index in [0.717, 1.165) is 24.8 Å².